The zero-order valence-electron chi connectivity index (χ0n) is 18.8. The van der Waals surface area contributed by atoms with Gasteiger partial charge in [-0.2, -0.15) is 0 Å². The van der Waals surface area contributed by atoms with Gasteiger partial charge in [-0.3, -0.25) is 14.4 Å². The Hall–Kier alpha value is -1.49. The van der Waals surface area contributed by atoms with Crippen molar-refractivity contribution >= 4 is 29.1 Å². The highest BCUT2D eigenvalue weighted by molar-refractivity contribution is 6.29. The Labute approximate surface area is 188 Å². The van der Waals surface area contributed by atoms with Crippen molar-refractivity contribution in [1.29, 1.82) is 0 Å². The largest absolute Gasteiger partial charge is 0.450 e. The standard InChI is InChI=1S/C25H32ClFO4/c1-5-22(30)31-25(21(29)13-26)14(2)10-18-16-12-20(27)19-11-15(28)6-8-23(19,3)17(16)7-9-24(18,25)4/h6,8,11,14,16-18,20H,5,7,9-10,12-13H2,1-4H3/t14-,16+,17-,18-,20-,23+,24-,25+/m0/s1. The van der Waals surface area contributed by atoms with E-state index in [1.165, 1.54) is 6.08 Å². The Morgan fingerprint density at radius 2 is 1.97 bits per heavy atom. The number of alkyl halides is 2. The monoisotopic (exact) mass is 450 g/mol. The smallest absolute Gasteiger partial charge is 0.306 e. The van der Waals surface area contributed by atoms with Crippen LogP contribution in [0.1, 0.15) is 59.8 Å². The summed E-state index contributed by atoms with van der Waals surface area (Å²) in [6.45, 7) is 7.78. The molecule has 4 aliphatic carbocycles. The number of rotatable bonds is 4. The van der Waals surface area contributed by atoms with E-state index in [0.717, 1.165) is 6.42 Å². The first kappa shape index (κ1) is 22.7. The van der Waals surface area contributed by atoms with Gasteiger partial charge < -0.3 is 4.74 Å². The van der Waals surface area contributed by atoms with Crippen LogP contribution in [0.3, 0.4) is 0 Å². The third kappa shape index (κ3) is 2.94. The van der Waals surface area contributed by atoms with Gasteiger partial charge in [0.15, 0.2) is 17.2 Å². The lowest BCUT2D eigenvalue weighted by atomic mass is 9.46. The molecular formula is C25H32ClFO4. The van der Waals surface area contributed by atoms with E-state index in [4.69, 9.17) is 16.3 Å². The van der Waals surface area contributed by atoms with Crippen LogP contribution >= 0.6 is 11.6 Å². The number of ether oxygens (including phenoxy) is 1. The zero-order valence-corrected chi connectivity index (χ0v) is 19.5. The van der Waals surface area contributed by atoms with E-state index < -0.39 is 28.6 Å². The molecule has 0 unspecified atom stereocenters. The first-order valence-corrected chi connectivity index (χ1v) is 12.0. The van der Waals surface area contributed by atoms with Crippen molar-refractivity contribution in [2.75, 3.05) is 5.88 Å². The lowest BCUT2D eigenvalue weighted by Crippen LogP contribution is -2.61. The van der Waals surface area contributed by atoms with Crippen molar-refractivity contribution < 1.29 is 23.5 Å². The van der Waals surface area contributed by atoms with Crippen LogP contribution < -0.4 is 0 Å². The van der Waals surface area contributed by atoms with Crippen molar-refractivity contribution in [3.8, 4) is 0 Å². The second-order valence-electron chi connectivity index (χ2n) is 10.4. The molecule has 4 rings (SSSR count). The maximum atomic E-state index is 15.4. The second-order valence-corrected chi connectivity index (χ2v) is 10.7. The van der Waals surface area contributed by atoms with E-state index in [2.05, 4.69) is 0 Å². The number of esters is 1. The van der Waals surface area contributed by atoms with Crippen LogP contribution in [0, 0.1) is 34.5 Å². The quantitative estimate of drug-likeness (QED) is 0.447. The molecule has 4 nitrogen and oxygen atoms in total. The molecule has 0 bridgehead atoms. The molecule has 8 atom stereocenters. The van der Waals surface area contributed by atoms with E-state index in [0.29, 0.717) is 24.8 Å². The highest BCUT2D eigenvalue weighted by Gasteiger charge is 2.71. The van der Waals surface area contributed by atoms with Gasteiger partial charge in [0.2, 0.25) is 0 Å². The summed E-state index contributed by atoms with van der Waals surface area (Å²) in [5.74, 6) is -0.914. The number of halogens is 2. The Morgan fingerprint density at radius 3 is 2.61 bits per heavy atom. The SMILES string of the molecule is CCC(=O)O[C@@]1(C(=O)CCl)[C@@H](C)C[C@H]2[C@@H]3C[C@H](F)C4=CC(=O)C=C[C@]4(C)[C@H]3CC[C@@]21C. The number of hydrogen-bond donors (Lipinski definition) is 0. The van der Waals surface area contributed by atoms with Crippen LogP contribution in [0.5, 0.6) is 0 Å². The molecule has 31 heavy (non-hydrogen) atoms. The fraction of sp³-hybridized carbons (Fsp3) is 0.720. The molecule has 0 heterocycles. The molecule has 0 amide bonds. The lowest BCUT2D eigenvalue weighted by Gasteiger charge is -2.58. The van der Waals surface area contributed by atoms with Crippen molar-refractivity contribution in [3.05, 3.63) is 23.8 Å². The molecule has 0 aromatic carbocycles. The summed E-state index contributed by atoms with van der Waals surface area (Å²) in [4.78, 5) is 37.6. The number of fused-ring (bicyclic) bond motifs is 5. The van der Waals surface area contributed by atoms with E-state index in [9.17, 15) is 14.4 Å². The fourth-order valence-electron chi connectivity index (χ4n) is 7.74. The van der Waals surface area contributed by atoms with Gasteiger partial charge in [0, 0.05) is 23.2 Å². The van der Waals surface area contributed by atoms with Crippen molar-refractivity contribution in [2.24, 2.45) is 34.5 Å². The Morgan fingerprint density at radius 1 is 1.26 bits per heavy atom. The average Bonchev–Trinajstić information content (AvgIpc) is 2.96. The molecular weight excluding hydrogens is 419 g/mol. The first-order valence-electron chi connectivity index (χ1n) is 11.5. The maximum Gasteiger partial charge on any atom is 0.306 e. The van der Waals surface area contributed by atoms with Crippen LogP contribution in [0.25, 0.3) is 0 Å². The number of Topliss-reactive ketones (excluding diaryl/α,β-unsaturated/α-hetero) is 1. The number of ketones is 2. The number of hydrogen-bond acceptors (Lipinski definition) is 4. The van der Waals surface area contributed by atoms with Crippen LogP contribution in [-0.4, -0.2) is 35.2 Å². The van der Waals surface area contributed by atoms with Gasteiger partial charge in [0.1, 0.15) is 6.17 Å². The molecule has 0 saturated heterocycles. The third-order valence-corrected chi connectivity index (χ3v) is 9.42. The summed E-state index contributed by atoms with van der Waals surface area (Å²) >= 11 is 6.04. The second kappa shape index (κ2) is 7.54. The summed E-state index contributed by atoms with van der Waals surface area (Å²) < 4.78 is 21.4. The van der Waals surface area contributed by atoms with Crippen LogP contribution in [-0.2, 0) is 19.1 Å². The predicted octanol–water partition coefficient (Wildman–Crippen LogP) is 4.99. The normalized spacial score (nSPS) is 45.9. The van der Waals surface area contributed by atoms with Crippen LogP contribution in [0.15, 0.2) is 23.8 Å². The van der Waals surface area contributed by atoms with Crippen LogP contribution in [0.4, 0.5) is 4.39 Å². The molecule has 0 aliphatic heterocycles. The molecule has 4 aliphatic rings. The molecule has 0 aromatic heterocycles. The fourth-order valence-corrected chi connectivity index (χ4v) is 7.94. The lowest BCUT2D eigenvalue weighted by molar-refractivity contribution is -0.194. The van der Waals surface area contributed by atoms with Crippen molar-refractivity contribution in [2.45, 2.75) is 71.6 Å². The summed E-state index contributed by atoms with van der Waals surface area (Å²) in [6.07, 6.45) is 6.46. The zero-order chi connectivity index (χ0) is 22.8. The van der Waals surface area contributed by atoms with Gasteiger partial charge in [0.25, 0.3) is 0 Å². The molecule has 0 aromatic rings. The van der Waals surface area contributed by atoms with Gasteiger partial charge in [-0.1, -0.05) is 33.8 Å². The van der Waals surface area contributed by atoms with Gasteiger partial charge >= 0.3 is 5.97 Å². The molecule has 3 fully saturated rings. The minimum absolute atomic E-state index is 0.0423. The van der Waals surface area contributed by atoms with Gasteiger partial charge in [-0.05, 0) is 61.2 Å². The Balaban J connectivity index is 1.78. The third-order valence-electron chi connectivity index (χ3n) is 9.18. The molecule has 3 saturated carbocycles. The number of carbonyl (C=O) groups is 3. The first-order chi connectivity index (χ1) is 14.5. The molecule has 0 spiro atoms. The Kier molecular flexibility index (Phi) is 5.52. The highest BCUT2D eigenvalue weighted by Crippen LogP contribution is 2.69. The molecule has 170 valence electrons. The molecule has 0 radical (unpaired) electrons. The Bertz CT molecular complexity index is 881. The predicted molar refractivity (Wildman–Crippen MR) is 116 cm³/mol. The summed E-state index contributed by atoms with van der Waals surface area (Å²) in [5, 5.41) is 0. The topological polar surface area (TPSA) is 60.4 Å². The van der Waals surface area contributed by atoms with Crippen LogP contribution in [0.2, 0.25) is 0 Å². The minimum Gasteiger partial charge on any atom is -0.450 e. The molecule has 6 heteroatoms. The summed E-state index contributed by atoms with van der Waals surface area (Å²) in [7, 11) is 0. The highest BCUT2D eigenvalue weighted by atomic mass is 35.5. The van der Waals surface area contributed by atoms with Gasteiger partial charge in [-0.25, -0.2) is 4.39 Å². The average molecular weight is 451 g/mol. The van der Waals surface area contributed by atoms with E-state index >= 15 is 4.39 Å². The number of carbonyl (C=O) groups excluding carboxylic acids is 3. The summed E-state index contributed by atoms with van der Waals surface area (Å²) in [6, 6.07) is 0. The summed E-state index contributed by atoms with van der Waals surface area (Å²) in [5.41, 5.74) is -1.76. The van der Waals surface area contributed by atoms with Gasteiger partial charge in [-0.15, -0.1) is 11.6 Å². The van der Waals surface area contributed by atoms with E-state index in [1.807, 2.05) is 26.8 Å². The number of allylic oxidation sites excluding steroid dienone is 4. The van der Waals surface area contributed by atoms with E-state index in [-0.39, 0.29) is 47.5 Å². The minimum atomic E-state index is -1.27. The van der Waals surface area contributed by atoms with Gasteiger partial charge in [0.05, 0.1) is 5.88 Å². The van der Waals surface area contributed by atoms with Crippen molar-refractivity contribution in [3.63, 3.8) is 0 Å². The molecule has 0 N–H and O–H groups in total. The van der Waals surface area contributed by atoms with Crippen molar-refractivity contribution in [1.82, 2.24) is 0 Å². The van der Waals surface area contributed by atoms with E-state index in [1.54, 1.807) is 13.0 Å². The maximum absolute atomic E-state index is 15.4.